The number of nitrogens with one attached hydrogen (secondary N) is 1. The fraction of sp³-hybridized carbons (Fsp3) is 0.467. The van der Waals surface area contributed by atoms with Crippen LogP contribution in [0.5, 0.6) is 0 Å². The average molecular weight is 308 g/mol. The van der Waals surface area contributed by atoms with Gasteiger partial charge in [-0.15, -0.1) is 0 Å². The number of hydrogen-bond acceptors (Lipinski definition) is 5. The molecule has 1 saturated heterocycles. The molecular formula is C15H18ClN3O2. The van der Waals surface area contributed by atoms with Crippen LogP contribution in [0.25, 0.3) is 0 Å². The summed E-state index contributed by atoms with van der Waals surface area (Å²) in [5.41, 5.74) is 1.10. The Bertz CT molecular complexity index is 565. The molecule has 1 fully saturated rings. The van der Waals surface area contributed by atoms with Crippen molar-refractivity contribution >= 4 is 11.6 Å². The van der Waals surface area contributed by atoms with Crippen molar-refractivity contribution in [2.45, 2.75) is 32.0 Å². The molecule has 1 aliphatic heterocycles. The molecule has 1 aromatic heterocycles. The van der Waals surface area contributed by atoms with Crippen molar-refractivity contribution in [3.8, 4) is 0 Å². The molecule has 0 bridgehead atoms. The van der Waals surface area contributed by atoms with Crippen molar-refractivity contribution in [2.75, 3.05) is 13.1 Å². The van der Waals surface area contributed by atoms with Crippen LogP contribution in [0, 0.1) is 0 Å². The number of aromatic nitrogens is 2. The Morgan fingerprint density at radius 2 is 2.00 bits per heavy atom. The summed E-state index contributed by atoms with van der Waals surface area (Å²) < 4.78 is 11.0. The van der Waals surface area contributed by atoms with Gasteiger partial charge in [-0.1, -0.05) is 28.9 Å². The topological polar surface area (TPSA) is 60.2 Å². The Morgan fingerprint density at radius 3 is 2.76 bits per heavy atom. The quantitative estimate of drug-likeness (QED) is 0.920. The van der Waals surface area contributed by atoms with Crippen molar-refractivity contribution in [2.24, 2.45) is 0 Å². The summed E-state index contributed by atoms with van der Waals surface area (Å²) in [6.07, 6.45) is 2.99. The van der Waals surface area contributed by atoms with E-state index >= 15 is 0 Å². The molecule has 112 valence electrons. The predicted molar refractivity (Wildman–Crippen MR) is 79.2 cm³/mol. The minimum Gasteiger partial charge on any atom is -0.368 e. The summed E-state index contributed by atoms with van der Waals surface area (Å²) in [6, 6.07) is 7.64. The van der Waals surface area contributed by atoms with Crippen LogP contribution >= 0.6 is 11.6 Å². The van der Waals surface area contributed by atoms with Crippen LogP contribution in [0.15, 0.2) is 28.8 Å². The van der Waals surface area contributed by atoms with E-state index in [-0.39, 0.29) is 6.10 Å². The molecule has 0 atom stereocenters. The van der Waals surface area contributed by atoms with Crippen LogP contribution < -0.4 is 5.32 Å². The summed E-state index contributed by atoms with van der Waals surface area (Å²) in [7, 11) is 0. The van der Waals surface area contributed by atoms with Crippen molar-refractivity contribution in [3.63, 3.8) is 0 Å². The van der Waals surface area contributed by atoms with Gasteiger partial charge in [0.1, 0.15) is 6.61 Å². The van der Waals surface area contributed by atoms with E-state index in [1.807, 2.05) is 24.3 Å². The zero-order chi connectivity index (χ0) is 14.5. The molecule has 0 spiro atoms. The Balaban J connectivity index is 1.52. The highest BCUT2D eigenvalue weighted by molar-refractivity contribution is 6.30. The lowest BCUT2D eigenvalue weighted by molar-refractivity contribution is 0.00859. The molecule has 21 heavy (non-hydrogen) atoms. The van der Waals surface area contributed by atoms with Crippen molar-refractivity contribution in [1.29, 1.82) is 0 Å². The summed E-state index contributed by atoms with van der Waals surface area (Å²) in [4.78, 5) is 4.36. The zero-order valence-electron chi connectivity index (χ0n) is 11.7. The standard InChI is InChI=1S/C15H18ClN3O2/c16-12-3-1-11(2-4-12)9-14-18-15(21-19-14)10-20-13-5-7-17-8-6-13/h1-4,13,17H,5-10H2. The highest BCUT2D eigenvalue weighted by Crippen LogP contribution is 2.13. The maximum absolute atomic E-state index is 5.86. The molecule has 1 N–H and O–H groups in total. The summed E-state index contributed by atoms with van der Waals surface area (Å²) in [5.74, 6) is 1.21. The zero-order valence-corrected chi connectivity index (χ0v) is 12.5. The lowest BCUT2D eigenvalue weighted by Gasteiger charge is -2.21. The summed E-state index contributed by atoms with van der Waals surface area (Å²) >= 11 is 5.86. The Kier molecular flexibility index (Phi) is 4.85. The van der Waals surface area contributed by atoms with Gasteiger partial charge < -0.3 is 14.6 Å². The summed E-state index contributed by atoms with van der Waals surface area (Å²) in [5, 5.41) is 8.02. The van der Waals surface area contributed by atoms with Gasteiger partial charge in [0.2, 0.25) is 0 Å². The third-order valence-electron chi connectivity index (χ3n) is 3.51. The first kappa shape index (κ1) is 14.5. The lowest BCUT2D eigenvalue weighted by Crippen LogP contribution is -2.32. The second kappa shape index (κ2) is 7.02. The van der Waals surface area contributed by atoms with E-state index in [0.29, 0.717) is 24.7 Å². The molecule has 6 heteroatoms. The smallest absolute Gasteiger partial charge is 0.252 e. The third kappa shape index (κ3) is 4.27. The molecule has 0 amide bonds. The molecule has 0 unspecified atom stereocenters. The number of ether oxygens (including phenoxy) is 1. The van der Waals surface area contributed by atoms with E-state index in [1.54, 1.807) is 0 Å². The van der Waals surface area contributed by atoms with Crippen LogP contribution in [0.4, 0.5) is 0 Å². The van der Waals surface area contributed by atoms with E-state index in [1.165, 1.54) is 0 Å². The molecule has 1 aliphatic rings. The number of benzene rings is 1. The number of hydrogen-bond donors (Lipinski definition) is 1. The normalized spacial score (nSPS) is 16.2. The van der Waals surface area contributed by atoms with Crippen LogP contribution in [-0.2, 0) is 17.8 Å². The monoisotopic (exact) mass is 307 g/mol. The van der Waals surface area contributed by atoms with E-state index in [0.717, 1.165) is 36.5 Å². The fourth-order valence-electron chi connectivity index (χ4n) is 2.36. The predicted octanol–water partition coefficient (Wildman–Crippen LogP) is 2.58. The van der Waals surface area contributed by atoms with E-state index in [4.69, 9.17) is 20.9 Å². The number of halogens is 1. The first-order chi connectivity index (χ1) is 10.3. The van der Waals surface area contributed by atoms with Gasteiger partial charge in [-0.25, -0.2) is 0 Å². The van der Waals surface area contributed by atoms with Gasteiger partial charge in [0.15, 0.2) is 5.82 Å². The average Bonchev–Trinajstić information content (AvgIpc) is 2.96. The molecule has 5 nitrogen and oxygen atoms in total. The maximum atomic E-state index is 5.86. The first-order valence-corrected chi connectivity index (χ1v) is 7.55. The van der Waals surface area contributed by atoms with Crippen molar-refractivity contribution in [1.82, 2.24) is 15.5 Å². The van der Waals surface area contributed by atoms with Crippen molar-refractivity contribution in [3.05, 3.63) is 46.6 Å². The molecule has 1 aromatic carbocycles. The van der Waals surface area contributed by atoms with Crippen molar-refractivity contribution < 1.29 is 9.26 Å². The van der Waals surface area contributed by atoms with Gasteiger partial charge in [-0.2, -0.15) is 4.98 Å². The summed E-state index contributed by atoms with van der Waals surface area (Å²) in [6.45, 7) is 2.41. The Hall–Kier alpha value is -1.43. The van der Waals surface area contributed by atoms with E-state index in [2.05, 4.69) is 15.5 Å². The van der Waals surface area contributed by atoms with Crippen LogP contribution in [0.2, 0.25) is 5.02 Å². The highest BCUT2D eigenvalue weighted by atomic mass is 35.5. The van der Waals surface area contributed by atoms with Gasteiger partial charge in [-0.05, 0) is 43.6 Å². The van der Waals surface area contributed by atoms with Crippen LogP contribution in [0.3, 0.4) is 0 Å². The molecule has 2 aromatic rings. The molecule has 0 saturated carbocycles. The van der Waals surface area contributed by atoms with E-state index in [9.17, 15) is 0 Å². The van der Waals surface area contributed by atoms with Gasteiger partial charge in [0, 0.05) is 11.4 Å². The minimum absolute atomic E-state index is 0.290. The van der Waals surface area contributed by atoms with Crippen LogP contribution in [-0.4, -0.2) is 29.3 Å². The largest absolute Gasteiger partial charge is 0.368 e. The maximum Gasteiger partial charge on any atom is 0.252 e. The number of nitrogens with zero attached hydrogens (tertiary/aromatic N) is 2. The van der Waals surface area contributed by atoms with Crippen LogP contribution in [0.1, 0.15) is 30.1 Å². The molecule has 0 radical (unpaired) electrons. The molecule has 2 heterocycles. The van der Waals surface area contributed by atoms with E-state index < -0.39 is 0 Å². The molecule has 3 rings (SSSR count). The first-order valence-electron chi connectivity index (χ1n) is 7.18. The Morgan fingerprint density at radius 1 is 1.24 bits per heavy atom. The second-order valence-electron chi connectivity index (χ2n) is 5.17. The minimum atomic E-state index is 0.290. The van der Waals surface area contributed by atoms with Gasteiger partial charge in [0.05, 0.1) is 6.10 Å². The number of piperidine rings is 1. The SMILES string of the molecule is Clc1ccc(Cc2noc(COC3CCNCC3)n2)cc1. The second-order valence-corrected chi connectivity index (χ2v) is 5.60. The lowest BCUT2D eigenvalue weighted by atomic mass is 10.1. The van der Waals surface area contributed by atoms with Gasteiger partial charge >= 0.3 is 0 Å². The Labute approximate surface area is 128 Å². The van der Waals surface area contributed by atoms with Gasteiger partial charge in [0.25, 0.3) is 5.89 Å². The highest BCUT2D eigenvalue weighted by Gasteiger charge is 2.15. The molecular weight excluding hydrogens is 290 g/mol. The fourth-order valence-corrected chi connectivity index (χ4v) is 2.48. The third-order valence-corrected chi connectivity index (χ3v) is 3.77. The molecule has 0 aliphatic carbocycles. The van der Waals surface area contributed by atoms with Gasteiger partial charge in [-0.3, -0.25) is 0 Å². The number of rotatable bonds is 5.